The summed E-state index contributed by atoms with van der Waals surface area (Å²) in [6.45, 7) is 10.2. The molecule has 0 aromatic heterocycles. The van der Waals surface area contributed by atoms with Gasteiger partial charge in [0.1, 0.15) is 6.10 Å². The molecule has 0 radical (unpaired) electrons. The van der Waals surface area contributed by atoms with Crippen molar-refractivity contribution in [3.63, 3.8) is 0 Å². The fraction of sp³-hybridized carbons (Fsp3) is 0.935. The van der Waals surface area contributed by atoms with Gasteiger partial charge in [0.05, 0.1) is 11.6 Å². The first-order chi connectivity index (χ1) is 17.0. The number of fused-ring (bicyclic) bond motifs is 5. The number of carbonyl (C=O) groups is 2. The van der Waals surface area contributed by atoms with Crippen LogP contribution in [0.2, 0.25) is 0 Å². The number of rotatable bonds is 9. The average Bonchev–Trinajstić information content (AvgIpc) is 3.13. The molecule has 2 N–H and O–H groups in total. The number of nitrogens with one attached hydrogen (secondary N) is 1. The first-order valence-electron chi connectivity index (χ1n) is 15.2. The van der Waals surface area contributed by atoms with Gasteiger partial charge in [0.15, 0.2) is 0 Å². The Labute approximate surface area is 219 Å². The number of hydrogen-bond donors (Lipinski definition) is 2. The summed E-state index contributed by atoms with van der Waals surface area (Å²) in [6.07, 6.45) is 17.3. The molecule has 0 bridgehead atoms. The molecule has 1 amide bonds. The van der Waals surface area contributed by atoms with Crippen molar-refractivity contribution in [3.8, 4) is 0 Å². The van der Waals surface area contributed by atoms with E-state index >= 15 is 0 Å². The standard InChI is InChI=1S/C31H53NO4/c1-6-7-8-9-10-11-12-23-13-14-26-25-19-28(32-21(2)33)31(35)20-24(36-22(3)34)15-18-30(31,5)27(25)16-17-29(23,26)4/h23-28,35H,6-20H2,1-5H3,(H,32,33)/t23-,24-,25?,26?,27?,28+,29+,30+,31-/m0/s1. The van der Waals surface area contributed by atoms with Crippen LogP contribution >= 0.6 is 0 Å². The van der Waals surface area contributed by atoms with Crippen LogP contribution in [-0.2, 0) is 14.3 Å². The zero-order chi connectivity index (χ0) is 26.1. The Kier molecular flexibility index (Phi) is 8.49. The largest absolute Gasteiger partial charge is 0.462 e. The fourth-order valence-corrected chi connectivity index (χ4v) is 9.79. The van der Waals surface area contributed by atoms with Crippen molar-refractivity contribution in [1.82, 2.24) is 5.32 Å². The molecule has 0 spiro atoms. The van der Waals surface area contributed by atoms with E-state index in [0.717, 1.165) is 25.2 Å². The van der Waals surface area contributed by atoms with Gasteiger partial charge in [-0.2, -0.15) is 0 Å². The third-order valence-electron chi connectivity index (χ3n) is 11.7. The Balaban J connectivity index is 1.51. The number of unbranched alkanes of at least 4 members (excludes halogenated alkanes) is 5. The summed E-state index contributed by atoms with van der Waals surface area (Å²) in [4.78, 5) is 24.0. The lowest BCUT2D eigenvalue weighted by molar-refractivity contribution is -0.236. The Morgan fingerprint density at radius 3 is 2.36 bits per heavy atom. The van der Waals surface area contributed by atoms with Crippen molar-refractivity contribution in [3.05, 3.63) is 0 Å². The lowest BCUT2D eigenvalue weighted by Gasteiger charge is -2.66. The Morgan fingerprint density at radius 1 is 0.944 bits per heavy atom. The fourth-order valence-electron chi connectivity index (χ4n) is 9.79. The number of hydrogen-bond acceptors (Lipinski definition) is 4. The SMILES string of the molecule is CCCCCCCC[C@H]1CCC2C3C[C@@H](NC(C)=O)[C@@]4(O)C[C@@H](OC(C)=O)CC[C@]4(C)C3CC[C@@]21C. The van der Waals surface area contributed by atoms with Crippen LogP contribution in [0, 0.1) is 34.5 Å². The van der Waals surface area contributed by atoms with Gasteiger partial charge in [-0.25, -0.2) is 0 Å². The van der Waals surface area contributed by atoms with E-state index < -0.39 is 5.60 Å². The van der Waals surface area contributed by atoms with Crippen LogP contribution in [0.1, 0.15) is 131 Å². The topological polar surface area (TPSA) is 75.6 Å². The summed E-state index contributed by atoms with van der Waals surface area (Å²) in [5.74, 6) is 2.16. The smallest absolute Gasteiger partial charge is 0.302 e. The zero-order valence-corrected chi connectivity index (χ0v) is 23.7. The van der Waals surface area contributed by atoms with Gasteiger partial charge in [0.25, 0.3) is 0 Å². The second-order valence-corrected chi connectivity index (χ2v) is 13.6. The molecule has 0 aromatic rings. The minimum atomic E-state index is -1.04. The Hall–Kier alpha value is -1.10. The summed E-state index contributed by atoms with van der Waals surface area (Å²) in [5, 5.41) is 15.5. The minimum absolute atomic E-state index is 0.0743. The number of esters is 1. The van der Waals surface area contributed by atoms with Crippen molar-refractivity contribution in [2.45, 2.75) is 149 Å². The summed E-state index contributed by atoms with van der Waals surface area (Å²) < 4.78 is 5.60. The number of amides is 1. The van der Waals surface area contributed by atoms with E-state index in [2.05, 4.69) is 26.1 Å². The maximum absolute atomic E-state index is 12.3. The van der Waals surface area contributed by atoms with Crippen molar-refractivity contribution in [2.24, 2.45) is 34.5 Å². The second-order valence-electron chi connectivity index (χ2n) is 13.6. The summed E-state index contributed by atoms with van der Waals surface area (Å²) in [5.41, 5.74) is -0.910. The van der Waals surface area contributed by atoms with Crippen molar-refractivity contribution >= 4 is 11.9 Å². The molecule has 4 aliphatic carbocycles. The zero-order valence-electron chi connectivity index (χ0n) is 23.7. The van der Waals surface area contributed by atoms with Crippen LogP contribution < -0.4 is 5.32 Å². The minimum Gasteiger partial charge on any atom is -0.462 e. The van der Waals surface area contributed by atoms with Gasteiger partial charge in [0, 0.05) is 25.7 Å². The predicted molar refractivity (Wildman–Crippen MR) is 143 cm³/mol. The van der Waals surface area contributed by atoms with Crippen molar-refractivity contribution in [1.29, 1.82) is 0 Å². The van der Waals surface area contributed by atoms with Crippen molar-refractivity contribution in [2.75, 3.05) is 0 Å². The van der Waals surface area contributed by atoms with E-state index in [1.807, 2.05) is 0 Å². The third-order valence-corrected chi connectivity index (χ3v) is 11.7. The molecule has 0 aromatic carbocycles. The van der Waals surface area contributed by atoms with E-state index in [4.69, 9.17) is 4.74 Å². The molecule has 5 heteroatoms. The Bertz CT molecular complexity index is 799. The van der Waals surface area contributed by atoms with E-state index in [1.165, 1.54) is 77.6 Å². The molecule has 9 atom stereocenters. The number of aliphatic hydroxyl groups is 1. The molecule has 4 aliphatic rings. The molecule has 4 fully saturated rings. The van der Waals surface area contributed by atoms with Crippen LogP contribution in [0.15, 0.2) is 0 Å². The molecule has 206 valence electrons. The van der Waals surface area contributed by atoms with E-state index in [-0.39, 0.29) is 29.4 Å². The highest BCUT2D eigenvalue weighted by Crippen LogP contribution is 2.68. The molecule has 36 heavy (non-hydrogen) atoms. The highest BCUT2D eigenvalue weighted by atomic mass is 16.5. The van der Waals surface area contributed by atoms with E-state index in [0.29, 0.717) is 29.6 Å². The van der Waals surface area contributed by atoms with Gasteiger partial charge < -0.3 is 15.2 Å². The van der Waals surface area contributed by atoms with Gasteiger partial charge in [-0.15, -0.1) is 0 Å². The lowest BCUT2D eigenvalue weighted by atomic mass is 9.42. The molecule has 3 unspecified atom stereocenters. The monoisotopic (exact) mass is 503 g/mol. The highest BCUT2D eigenvalue weighted by molar-refractivity contribution is 5.73. The predicted octanol–water partition coefficient (Wildman–Crippen LogP) is 6.56. The van der Waals surface area contributed by atoms with Gasteiger partial charge in [0.2, 0.25) is 5.91 Å². The number of carbonyl (C=O) groups excluding carboxylic acids is 2. The molecule has 4 saturated carbocycles. The van der Waals surface area contributed by atoms with Crippen LogP contribution in [0.25, 0.3) is 0 Å². The summed E-state index contributed by atoms with van der Waals surface area (Å²) >= 11 is 0. The normalized spacial score (nSPS) is 43.7. The molecule has 0 heterocycles. The highest BCUT2D eigenvalue weighted by Gasteiger charge is 2.67. The maximum atomic E-state index is 12.3. The van der Waals surface area contributed by atoms with Crippen LogP contribution in [0.3, 0.4) is 0 Å². The maximum Gasteiger partial charge on any atom is 0.302 e. The molecule has 0 aliphatic heterocycles. The van der Waals surface area contributed by atoms with Gasteiger partial charge in [-0.3, -0.25) is 9.59 Å². The lowest BCUT2D eigenvalue weighted by Crippen LogP contribution is -2.72. The summed E-state index contributed by atoms with van der Waals surface area (Å²) in [7, 11) is 0. The molecular formula is C31H53NO4. The third kappa shape index (κ3) is 4.99. The van der Waals surface area contributed by atoms with Gasteiger partial charge in [-0.05, 0) is 80.5 Å². The first-order valence-corrected chi connectivity index (χ1v) is 15.2. The first kappa shape index (κ1) is 27.9. The van der Waals surface area contributed by atoms with E-state index in [1.54, 1.807) is 6.92 Å². The molecular weight excluding hydrogens is 450 g/mol. The van der Waals surface area contributed by atoms with Crippen LogP contribution in [0.5, 0.6) is 0 Å². The summed E-state index contributed by atoms with van der Waals surface area (Å²) in [6, 6.07) is -0.278. The van der Waals surface area contributed by atoms with Crippen molar-refractivity contribution < 1.29 is 19.4 Å². The molecule has 4 rings (SSSR count). The van der Waals surface area contributed by atoms with Gasteiger partial charge >= 0.3 is 5.97 Å². The van der Waals surface area contributed by atoms with E-state index in [9.17, 15) is 14.7 Å². The average molecular weight is 504 g/mol. The molecule has 0 saturated heterocycles. The quantitative estimate of drug-likeness (QED) is 0.276. The number of ether oxygens (including phenoxy) is 1. The Morgan fingerprint density at radius 2 is 1.67 bits per heavy atom. The molecule has 5 nitrogen and oxygen atoms in total. The van der Waals surface area contributed by atoms with Gasteiger partial charge in [-0.1, -0.05) is 59.3 Å². The van der Waals surface area contributed by atoms with Crippen LogP contribution in [0.4, 0.5) is 0 Å². The second kappa shape index (κ2) is 10.9. The van der Waals surface area contributed by atoms with Crippen LogP contribution in [-0.4, -0.2) is 34.7 Å².